The molecule has 1 aromatic rings. The van der Waals surface area contributed by atoms with Crippen LogP contribution in [0.1, 0.15) is 17.7 Å². The maximum Gasteiger partial charge on any atom is 0.326 e. The summed E-state index contributed by atoms with van der Waals surface area (Å²) < 4.78 is 0. The molecule has 1 heterocycles. The van der Waals surface area contributed by atoms with E-state index in [1.165, 1.54) is 0 Å². The maximum absolute atomic E-state index is 11.6. The number of amides is 2. The van der Waals surface area contributed by atoms with Crippen molar-refractivity contribution in [1.29, 1.82) is 0 Å². The average Bonchev–Trinajstić information content (AvgIpc) is 2.42. The predicted molar refractivity (Wildman–Crippen MR) is 78.8 cm³/mol. The SMILES string of the molecule is CSCC[C@@H](NC(=O)NCc1ccc(C)nc1)C(=O)O. The quantitative estimate of drug-likeness (QED) is 0.707. The van der Waals surface area contributed by atoms with Crippen molar-refractivity contribution in [2.24, 2.45) is 0 Å². The second kappa shape index (κ2) is 8.42. The lowest BCUT2D eigenvalue weighted by Gasteiger charge is -2.14. The molecule has 110 valence electrons. The minimum atomic E-state index is -1.02. The molecule has 0 aliphatic carbocycles. The van der Waals surface area contributed by atoms with Gasteiger partial charge in [-0.1, -0.05) is 6.07 Å². The van der Waals surface area contributed by atoms with Gasteiger partial charge >= 0.3 is 12.0 Å². The Labute approximate surface area is 122 Å². The van der Waals surface area contributed by atoms with E-state index in [4.69, 9.17) is 5.11 Å². The molecule has 2 amide bonds. The molecular formula is C13H19N3O3S. The summed E-state index contributed by atoms with van der Waals surface area (Å²) in [6.07, 6.45) is 3.97. The molecule has 0 unspecified atom stereocenters. The van der Waals surface area contributed by atoms with Crippen molar-refractivity contribution in [2.75, 3.05) is 12.0 Å². The van der Waals surface area contributed by atoms with E-state index in [0.717, 1.165) is 11.3 Å². The molecule has 20 heavy (non-hydrogen) atoms. The van der Waals surface area contributed by atoms with Gasteiger partial charge in [0.25, 0.3) is 0 Å². The number of urea groups is 1. The molecule has 7 heteroatoms. The van der Waals surface area contributed by atoms with Gasteiger partial charge in [0.1, 0.15) is 6.04 Å². The Balaban J connectivity index is 2.41. The number of hydrogen-bond donors (Lipinski definition) is 3. The first-order valence-corrected chi connectivity index (χ1v) is 7.60. The lowest BCUT2D eigenvalue weighted by molar-refractivity contribution is -0.139. The number of hydrogen-bond acceptors (Lipinski definition) is 4. The number of thioether (sulfide) groups is 1. The molecule has 1 atom stereocenters. The van der Waals surface area contributed by atoms with Gasteiger partial charge in [0.2, 0.25) is 0 Å². The van der Waals surface area contributed by atoms with Gasteiger partial charge in [-0.3, -0.25) is 4.98 Å². The highest BCUT2D eigenvalue weighted by atomic mass is 32.2. The number of carboxylic acid groups (broad SMARTS) is 1. The number of nitrogens with one attached hydrogen (secondary N) is 2. The number of carboxylic acids is 1. The Hall–Kier alpha value is -1.76. The third-order valence-electron chi connectivity index (χ3n) is 2.64. The number of carbonyl (C=O) groups is 2. The molecule has 0 fully saturated rings. The number of carbonyl (C=O) groups excluding carboxylic acids is 1. The summed E-state index contributed by atoms with van der Waals surface area (Å²) in [5.74, 6) is -0.342. The lowest BCUT2D eigenvalue weighted by Crippen LogP contribution is -2.46. The molecular weight excluding hydrogens is 278 g/mol. The fourth-order valence-corrected chi connectivity index (χ4v) is 1.96. The van der Waals surface area contributed by atoms with Crippen LogP contribution in [0.5, 0.6) is 0 Å². The highest BCUT2D eigenvalue weighted by Gasteiger charge is 2.18. The molecule has 0 radical (unpaired) electrons. The summed E-state index contributed by atoms with van der Waals surface area (Å²) in [6.45, 7) is 2.20. The van der Waals surface area contributed by atoms with Crippen LogP contribution in [0.25, 0.3) is 0 Å². The molecule has 0 spiro atoms. The van der Waals surface area contributed by atoms with E-state index >= 15 is 0 Å². The third kappa shape index (κ3) is 5.92. The van der Waals surface area contributed by atoms with Crippen LogP contribution in [0, 0.1) is 6.92 Å². The van der Waals surface area contributed by atoms with Crippen molar-refractivity contribution >= 4 is 23.8 Å². The van der Waals surface area contributed by atoms with Crippen LogP contribution in [-0.2, 0) is 11.3 Å². The second-order valence-corrected chi connectivity index (χ2v) is 5.29. The second-order valence-electron chi connectivity index (χ2n) is 4.31. The maximum atomic E-state index is 11.6. The van der Waals surface area contributed by atoms with E-state index in [0.29, 0.717) is 18.7 Å². The van der Waals surface area contributed by atoms with Gasteiger partial charge in [-0.2, -0.15) is 11.8 Å². The lowest BCUT2D eigenvalue weighted by atomic mass is 10.2. The van der Waals surface area contributed by atoms with Crippen LogP contribution in [0.4, 0.5) is 4.79 Å². The molecule has 0 bridgehead atoms. The van der Waals surface area contributed by atoms with Crippen LogP contribution in [0.3, 0.4) is 0 Å². The Kier molecular flexibility index (Phi) is 6.86. The number of pyridine rings is 1. The highest BCUT2D eigenvalue weighted by Crippen LogP contribution is 2.01. The van der Waals surface area contributed by atoms with Gasteiger partial charge in [-0.25, -0.2) is 9.59 Å². The monoisotopic (exact) mass is 297 g/mol. The standard InChI is InChI=1S/C13H19N3O3S/c1-9-3-4-10(7-14-9)8-15-13(19)16-11(12(17)18)5-6-20-2/h3-4,7,11H,5-6,8H2,1-2H3,(H,17,18)(H2,15,16,19)/t11-/m1/s1. The Bertz CT molecular complexity index is 451. The fourth-order valence-electron chi connectivity index (χ4n) is 1.49. The number of aryl methyl sites for hydroxylation is 1. The van der Waals surface area contributed by atoms with Crippen LogP contribution >= 0.6 is 11.8 Å². The largest absolute Gasteiger partial charge is 0.480 e. The first-order valence-electron chi connectivity index (χ1n) is 6.20. The predicted octanol–water partition coefficient (Wildman–Crippen LogP) is 1.40. The summed E-state index contributed by atoms with van der Waals surface area (Å²) in [4.78, 5) is 26.8. The van der Waals surface area contributed by atoms with Gasteiger partial charge in [-0.05, 0) is 37.0 Å². The summed E-state index contributed by atoms with van der Waals surface area (Å²) in [5.41, 5.74) is 1.77. The molecule has 0 saturated carbocycles. The zero-order chi connectivity index (χ0) is 15.0. The minimum absolute atomic E-state index is 0.313. The van der Waals surface area contributed by atoms with E-state index in [1.807, 2.05) is 25.3 Å². The third-order valence-corrected chi connectivity index (χ3v) is 3.28. The zero-order valence-corrected chi connectivity index (χ0v) is 12.4. The first kappa shape index (κ1) is 16.3. The smallest absolute Gasteiger partial charge is 0.326 e. The van der Waals surface area contributed by atoms with Gasteiger partial charge in [0.15, 0.2) is 0 Å². The molecule has 0 aromatic carbocycles. The van der Waals surface area contributed by atoms with Gasteiger partial charge in [-0.15, -0.1) is 0 Å². The molecule has 0 aliphatic rings. The molecule has 1 aromatic heterocycles. The highest BCUT2D eigenvalue weighted by molar-refractivity contribution is 7.98. The molecule has 1 rings (SSSR count). The van der Waals surface area contributed by atoms with Gasteiger partial charge < -0.3 is 15.7 Å². The summed E-state index contributed by atoms with van der Waals surface area (Å²) in [5, 5.41) is 14.1. The van der Waals surface area contributed by atoms with Crippen LogP contribution < -0.4 is 10.6 Å². The number of aromatic nitrogens is 1. The Morgan fingerprint density at radius 1 is 1.45 bits per heavy atom. The van der Waals surface area contributed by atoms with Crippen molar-refractivity contribution in [3.63, 3.8) is 0 Å². The van der Waals surface area contributed by atoms with Crippen molar-refractivity contribution in [3.8, 4) is 0 Å². The van der Waals surface area contributed by atoms with Crippen molar-refractivity contribution < 1.29 is 14.7 Å². The topological polar surface area (TPSA) is 91.3 Å². The summed E-state index contributed by atoms with van der Waals surface area (Å²) in [6, 6.07) is 2.37. The molecule has 6 nitrogen and oxygen atoms in total. The first-order chi connectivity index (χ1) is 9.52. The van der Waals surface area contributed by atoms with E-state index in [1.54, 1.807) is 18.0 Å². The number of aliphatic carboxylic acids is 1. The minimum Gasteiger partial charge on any atom is -0.480 e. The molecule has 3 N–H and O–H groups in total. The normalized spacial score (nSPS) is 11.7. The van der Waals surface area contributed by atoms with E-state index in [-0.39, 0.29) is 0 Å². The van der Waals surface area contributed by atoms with Crippen LogP contribution in [0.15, 0.2) is 18.3 Å². The fraction of sp³-hybridized carbons (Fsp3) is 0.462. The Morgan fingerprint density at radius 3 is 2.75 bits per heavy atom. The van der Waals surface area contributed by atoms with E-state index < -0.39 is 18.0 Å². The van der Waals surface area contributed by atoms with Crippen molar-refractivity contribution in [3.05, 3.63) is 29.6 Å². The Morgan fingerprint density at radius 2 is 2.20 bits per heavy atom. The van der Waals surface area contributed by atoms with E-state index in [2.05, 4.69) is 15.6 Å². The van der Waals surface area contributed by atoms with Crippen molar-refractivity contribution in [1.82, 2.24) is 15.6 Å². The summed E-state index contributed by atoms with van der Waals surface area (Å²) >= 11 is 1.54. The zero-order valence-electron chi connectivity index (χ0n) is 11.5. The van der Waals surface area contributed by atoms with Crippen molar-refractivity contribution in [2.45, 2.75) is 25.9 Å². The van der Waals surface area contributed by atoms with Crippen LogP contribution in [-0.4, -0.2) is 40.1 Å². The average molecular weight is 297 g/mol. The van der Waals surface area contributed by atoms with E-state index in [9.17, 15) is 9.59 Å². The van der Waals surface area contributed by atoms with Gasteiger partial charge in [0, 0.05) is 18.4 Å². The number of rotatable bonds is 7. The molecule has 0 saturated heterocycles. The molecule has 0 aliphatic heterocycles. The van der Waals surface area contributed by atoms with Crippen LogP contribution in [0.2, 0.25) is 0 Å². The summed E-state index contributed by atoms with van der Waals surface area (Å²) in [7, 11) is 0. The van der Waals surface area contributed by atoms with Gasteiger partial charge in [0.05, 0.1) is 0 Å². The number of nitrogens with zero attached hydrogens (tertiary/aromatic N) is 1.